The van der Waals surface area contributed by atoms with Crippen molar-refractivity contribution in [3.05, 3.63) is 77.4 Å². The van der Waals surface area contributed by atoms with E-state index in [1.54, 1.807) is 0 Å². The molecule has 2 N–H and O–H groups in total. The molecule has 1 aromatic rings. The topological polar surface area (TPSA) is 26.0 Å². The molecule has 0 bridgehead atoms. The predicted molar refractivity (Wildman–Crippen MR) is 109 cm³/mol. The van der Waals surface area contributed by atoms with Crippen molar-refractivity contribution in [2.75, 3.05) is 0 Å². The summed E-state index contributed by atoms with van der Waals surface area (Å²) in [6.07, 6.45) is 8.62. The summed E-state index contributed by atoms with van der Waals surface area (Å²) in [5.74, 6) is 0.531. The minimum atomic E-state index is -0.107. The number of hydrogen-bond donors (Lipinski definition) is 1. The zero-order valence-corrected chi connectivity index (χ0v) is 16.0. The Morgan fingerprint density at radius 1 is 1.33 bits per heavy atom. The molecule has 0 saturated carbocycles. The summed E-state index contributed by atoms with van der Waals surface area (Å²) in [6, 6.07) is 6.38. The van der Waals surface area contributed by atoms with E-state index in [1.165, 1.54) is 35.1 Å². The lowest BCUT2D eigenvalue weighted by Crippen LogP contribution is -2.11. The van der Waals surface area contributed by atoms with Crippen molar-refractivity contribution in [2.24, 2.45) is 11.7 Å². The highest BCUT2D eigenvalue weighted by molar-refractivity contribution is 5.82. The quantitative estimate of drug-likeness (QED) is 0.427. The molecule has 1 aromatic carbocycles. The van der Waals surface area contributed by atoms with E-state index in [2.05, 4.69) is 71.2 Å². The van der Waals surface area contributed by atoms with Crippen LogP contribution in [0.4, 0.5) is 0 Å². The lowest BCUT2D eigenvalue weighted by molar-refractivity contribution is 0.615. The largest absolute Gasteiger partial charge is 0.321 e. The van der Waals surface area contributed by atoms with Crippen molar-refractivity contribution in [3.8, 4) is 0 Å². The Morgan fingerprint density at radius 3 is 2.46 bits per heavy atom. The zero-order valence-electron chi connectivity index (χ0n) is 16.0. The second kappa shape index (κ2) is 9.44. The summed E-state index contributed by atoms with van der Waals surface area (Å²) in [6.45, 7) is 18.7. The van der Waals surface area contributed by atoms with Crippen molar-refractivity contribution in [2.45, 2.75) is 53.5 Å². The summed E-state index contributed by atoms with van der Waals surface area (Å²) >= 11 is 0. The Balaban J connectivity index is 3.35. The molecule has 0 aliphatic heterocycles. The van der Waals surface area contributed by atoms with E-state index in [1.807, 2.05) is 13.0 Å². The molecule has 0 fully saturated rings. The molecule has 0 radical (unpaired) electrons. The van der Waals surface area contributed by atoms with Gasteiger partial charge >= 0.3 is 0 Å². The molecule has 0 saturated heterocycles. The molecule has 0 spiro atoms. The fraction of sp³-hybridized carbons (Fsp3) is 0.391. The molecule has 0 aliphatic rings. The lowest BCUT2D eigenvalue weighted by atomic mass is 9.84. The fourth-order valence-corrected chi connectivity index (χ4v) is 3.22. The first-order valence-corrected chi connectivity index (χ1v) is 8.88. The maximum Gasteiger partial charge on any atom is 0.0505 e. The van der Waals surface area contributed by atoms with Gasteiger partial charge in [-0.3, -0.25) is 0 Å². The van der Waals surface area contributed by atoms with E-state index >= 15 is 0 Å². The Hall–Kier alpha value is -1.86. The van der Waals surface area contributed by atoms with Gasteiger partial charge in [-0.1, -0.05) is 75.4 Å². The maximum absolute atomic E-state index is 6.22. The SMILES string of the molecule is C=C/C=C(\C(=C/C)[C@@H](C)CCC)c1ccc(C(N)C(=C)C)cc1C. The van der Waals surface area contributed by atoms with Crippen LogP contribution in [-0.2, 0) is 0 Å². The van der Waals surface area contributed by atoms with Crippen LogP contribution in [0.1, 0.15) is 63.3 Å². The van der Waals surface area contributed by atoms with E-state index in [4.69, 9.17) is 5.73 Å². The zero-order chi connectivity index (χ0) is 18.3. The standard InChI is InChI=1S/C23H33N/c1-8-11-17(6)20(10-3)22(12-9-2)21-14-13-19(15-18(21)7)23(24)16(4)5/h9-10,12-15,17,23H,2,4,8,11,24H2,1,3,5-7H3/b20-10-,22-12+/t17-,23?/m0/s1. The number of rotatable bonds is 8. The highest BCUT2D eigenvalue weighted by Gasteiger charge is 2.16. The summed E-state index contributed by atoms with van der Waals surface area (Å²) in [5, 5.41) is 0. The third-order valence-electron chi connectivity index (χ3n) is 4.59. The predicted octanol–water partition coefficient (Wildman–Crippen LogP) is 6.52. The van der Waals surface area contributed by atoms with Gasteiger partial charge in [0.1, 0.15) is 0 Å². The molecule has 130 valence electrons. The number of benzene rings is 1. The van der Waals surface area contributed by atoms with Gasteiger partial charge in [-0.05, 0) is 60.9 Å². The van der Waals surface area contributed by atoms with Gasteiger partial charge in [0.25, 0.3) is 0 Å². The Kier molecular flexibility index (Phi) is 7.94. The van der Waals surface area contributed by atoms with Crippen LogP contribution in [0.25, 0.3) is 5.57 Å². The van der Waals surface area contributed by atoms with Gasteiger partial charge in [0.15, 0.2) is 0 Å². The lowest BCUT2D eigenvalue weighted by Gasteiger charge is -2.21. The van der Waals surface area contributed by atoms with E-state index < -0.39 is 0 Å². The first-order chi connectivity index (χ1) is 11.4. The molecule has 24 heavy (non-hydrogen) atoms. The highest BCUT2D eigenvalue weighted by Crippen LogP contribution is 2.34. The van der Waals surface area contributed by atoms with Gasteiger partial charge in [-0.2, -0.15) is 0 Å². The van der Waals surface area contributed by atoms with Crippen LogP contribution in [0.3, 0.4) is 0 Å². The van der Waals surface area contributed by atoms with Crippen molar-refractivity contribution in [3.63, 3.8) is 0 Å². The van der Waals surface area contributed by atoms with Gasteiger partial charge in [-0.25, -0.2) is 0 Å². The third kappa shape index (κ3) is 4.82. The van der Waals surface area contributed by atoms with Crippen LogP contribution in [0.5, 0.6) is 0 Å². The van der Waals surface area contributed by atoms with Crippen LogP contribution in [0, 0.1) is 12.8 Å². The molecule has 0 aliphatic carbocycles. The fourth-order valence-electron chi connectivity index (χ4n) is 3.22. The first-order valence-electron chi connectivity index (χ1n) is 8.88. The monoisotopic (exact) mass is 323 g/mol. The minimum absolute atomic E-state index is 0.107. The molecule has 0 heterocycles. The molecule has 2 atom stereocenters. The van der Waals surface area contributed by atoms with Gasteiger partial charge in [0.05, 0.1) is 6.04 Å². The smallest absolute Gasteiger partial charge is 0.0505 e. The van der Waals surface area contributed by atoms with Crippen LogP contribution in [0.15, 0.2) is 60.7 Å². The van der Waals surface area contributed by atoms with Gasteiger partial charge in [-0.15, -0.1) is 0 Å². The summed E-state index contributed by atoms with van der Waals surface area (Å²) in [4.78, 5) is 0. The Bertz CT molecular complexity index is 646. The molecule has 0 aromatic heterocycles. The molecular formula is C23H33N. The summed E-state index contributed by atoms with van der Waals surface area (Å²) in [7, 11) is 0. The van der Waals surface area contributed by atoms with Gasteiger partial charge in [0.2, 0.25) is 0 Å². The average molecular weight is 324 g/mol. The van der Waals surface area contributed by atoms with E-state index in [0.717, 1.165) is 11.1 Å². The molecule has 1 nitrogen and oxygen atoms in total. The summed E-state index contributed by atoms with van der Waals surface area (Å²) in [5.41, 5.74) is 13.5. The van der Waals surface area contributed by atoms with Crippen molar-refractivity contribution < 1.29 is 0 Å². The highest BCUT2D eigenvalue weighted by atomic mass is 14.6. The van der Waals surface area contributed by atoms with Crippen LogP contribution in [-0.4, -0.2) is 0 Å². The van der Waals surface area contributed by atoms with Gasteiger partial charge in [0, 0.05) is 0 Å². The van der Waals surface area contributed by atoms with Crippen LogP contribution in [0.2, 0.25) is 0 Å². The Labute approximate surface area is 148 Å². The van der Waals surface area contributed by atoms with Crippen LogP contribution >= 0.6 is 0 Å². The number of aryl methyl sites for hydroxylation is 1. The number of nitrogens with two attached hydrogens (primary N) is 1. The maximum atomic E-state index is 6.22. The van der Waals surface area contributed by atoms with Gasteiger partial charge < -0.3 is 5.73 Å². The molecule has 0 amide bonds. The number of allylic oxidation sites excluding steroid dienone is 5. The van der Waals surface area contributed by atoms with Crippen LogP contribution < -0.4 is 5.73 Å². The Morgan fingerprint density at radius 2 is 2.00 bits per heavy atom. The van der Waals surface area contributed by atoms with E-state index in [-0.39, 0.29) is 6.04 Å². The van der Waals surface area contributed by atoms with Crippen molar-refractivity contribution >= 4 is 5.57 Å². The molecular weight excluding hydrogens is 290 g/mol. The molecule has 1 heteroatoms. The number of hydrogen-bond acceptors (Lipinski definition) is 1. The average Bonchev–Trinajstić information content (AvgIpc) is 2.54. The molecule has 1 rings (SSSR count). The van der Waals surface area contributed by atoms with E-state index in [9.17, 15) is 0 Å². The second-order valence-electron chi connectivity index (χ2n) is 6.65. The van der Waals surface area contributed by atoms with Crippen molar-refractivity contribution in [1.29, 1.82) is 0 Å². The normalized spacial score (nSPS) is 15.1. The molecule has 1 unspecified atom stereocenters. The first kappa shape index (κ1) is 20.2. The second-order valence-corrected chi connectivity index (χ2v) is 6.65. The summed E-state index contributed by atoms with van der Waals surface area (Å²) < 4.78 is 0. The third-order valence-corrected chi connectivity index (χ3v) is 4.59. The van der Waals surface area contributed by atoms with E-state index in [0.29, 0.717) is 5.92 Å². The van der Waals surface area contributed by atoms with Crippen molar-refractivity contribution in [1.82, 2.24) is 0 Å². The minimum Gasteiger partial charge on any atom is -0.321 e.